The van der Waals surface area contributed by atoms with Crippen molar-refractivity contribution in [2.75, 3.05) is 14.2 Å². The van der Waals surface area contributed by atoms with Gasteiger partial charge in [-0.05, 0) is 59.3 Å². The molecule has 0 unspecified atom stereocenters. The molecule has 4 aromatic carbocycles. The summed E-state index contributed by atoms with van der Waals surface area (Å²) in [4.78, 5) is 23.8. The molecule has 0 amide bonds. The van der Waals surface area contributed by atoms with E-state index in [0.717, 1.165) is 32.9 Å². The Bertz CT molecular complexity index is 1680. The number of carbonyl (C=O) groups excluding carboxylic acids is 1. The van der Waals surface area contributed by atoms with Crippen LogP contribution >= 0.6 is 0 Å². The first-order chi connectivity index (χ1) is 18.7. The van der Waals surface area contributed by atoms with Crippen molar-refractivity contribution in [2.45, 2.75) is 0 Å². The monoisotopic (exact) mass is 496 g/mol. The Morgan fingerprint density at radius 2 is 1.03 bits per heavy atom. The van der Waals surface area contributed by atoms with E-state index in [1.165, 1.54) is 0 Å². The largest absolute Gasteiger partial charge is 0.497 e. The molecule has 0 spiro atoms. The maximum Gasteiger partial charge on any atom is 0.194 e. The molecule has 0 radical (unpaired) electrons. The fourth-order valence-electron chi connectivity index (χ4n) is 4.90. The third-order valence-electron chi connectivity index (χ3n) is 6.80. The van der Waals surface area contributed by atoms with Crippen LogP contribution in [0.4, 0.5) is 0 Å². The van der Waals surface area contributed by atoms with E-state index >= 15 is 0 Å². The van der Waals surface area contributed by atoms with Crippen molar-refractivity contribution in [2.24, 2.45) is 0 Å². The van der Waals surface area contributed by atoms with Gasteiger partial charge in [0, 0.05) is 45.4 Å². The lowest BCUT2D eigenvalue weighted by atomic mass is 9.90. The van der Waals surface area contributed by atoms with Crippen molar-refractivity contribution in [1.29, 1.82) is 0 Å². The first-order valence-electron chi connectivity index (χ1n) is 12.3. The number of pyridine rings is 2. The SMILES string of the molecule is COc1ccc(C(=O)c2ccc(OC)cc2-c2nccc3ccccc23)c(-c2nccc3ccccc23)c1. The van der Waals surface area contributed by atoms with Crippen LogP contribution in [0, 0.1) is 0 Å². The predicted molar refractivity (Wildman–Crippen MR) is 151 cm³/mol. The molecule has 6 rings (SSSR count). The van der Waals surface area contributed by atoms with Crippen molar-refractivity contribution in [3.63, 3.8) is 0 Å². The van der Waals surface area contributed by atoms with Gasteiger partial charge in [-0.15, -0.1) is 0 Å². The van der Waals surface area contributed by atoms with Crippen LogP contribution in [0.3, 0.4) is 0 Å². The molecule has 38 heavy (non-hydrogen) atoms. The molecule has 6 aromatic rings. The number of ketones is 1. The van der Waals surface area contributed by atoms with Gasteiger partial charge in [0.15, 0.2) is 5.78 Å². The molecule has 0 N–H and O–H groups in total. The second-order valence-electron chi connectivity index (χ2n) is 8.91. The highest BCUT2D eigenvalue weighted by atomic mass is 16.5. The van der Waals surface area contributed by atoms with E-state index in [2.05, 4.69) is 0 Å². The van der Waals surface area contributed by atoms with Crippen molar-refractivity contribution in [3.8, 4) is 34.0 Å². The number of carbonyl (C=O) groups is 1. The highest BCUT2D eigenvalue weighted by molar-refractivity contribution is 6.18. The molecule has 0 atom stereocenters. The van der Waals surface area contributed by atoms with Gasteiger partial charge < -0.3 is 9.47 Å². The molecule has 2 heterocycles. The van der Waals surface area contributed by atoms with Crippen LogP contribution in [0.1, 0.15) is 15.9 Å². The number of hydrogen-bond donors (Lipinski definition) is 0. The zero-order chi connectivity index (χ0) is 26.1. The molecular formula is C33H24N2O3. The molecule has 0 saturated carbocycles. The summed E-state index contributed by atoms with van der Waals surface area (Å²) in [6.07, 6.45) is 3.54. The third kappa shape index (κ3) is 4.04. The van der Waals surface area contributed by atoms with Crippen molar-refractivity contribution in [3.05, 3.63) is 121 Å². The number of hydrogen-bond acceptors (Lipinski definition) is 5. The first-order valence-corrected chi connectivity index (χ1v) is 12.3. The van der Waals surface area contributed by atoms with Gasteiger partial charge >= 0.3 is 0 Å². The van der Waals surface area contributed by atoms with Crippen LogP contribution in [0.25, 0.3) is 44.1 Å². The Labute approximate surface area is 220 Å². The smallest absolute Gasteiger partial charge is 0.194 e. The number of nitrogens with zero attached hydrogens (tertiary/aromatic N) is 2. The summed E-state index contributed by atoms with van der Waals surface area (Å²) in [6.45, 7) is 0. The summed E-state index contributed by atoms with van der Waals surface area (Å²) >= 11 is 0. The van der Waals surface area contributed by atoms with Crippen molar-refractivity contribution < 1.29 is 14.3 Å². The number of aromatic nitrogens is 2. The fraction of sp³-hybridized carbons (Fsp3) is 0.0606. The van der Waals surface area contributed by atoms with E-state index in [1.54, 1.807) is 38.7 Å². The molecular weight excluding hydrogens is 472 g/mol. The third-order valence-corrected chi connectivity index (χ3v) is 6.80. The lowest BCUT2D eigenvalue weighted by molar-refractivity contribution is 0.104. The van der Waals surface area contributed by atoms with Crippen LogP contribution in [-0.2, 0) is 0 Å². The molecule has 2 aromatic heterocycles. The number of rotatable bonds is 6. The average molecular weight is 497 g/mol. The lowest BCUT2D eigenvalue weighted by Crippen LogP contribution is -2.07. The summed E-state index contributed by atoms with van der Waals surface area (Å²) in [5.41, 5.74) is 3.92. The summed E-state index contributed by atoms with van der Waals surface area (Å²) < 4.78 is 11.1. The number of ether oxygens (including phenoxy) is 2. The lowest BCUT2D eigenvalue weighted by Gasteiger charge is -2.16. The minimum atomic E-state index is -0.134. The first kappa shape index (κ1) is 23.4. The van der Waals surface area contributed by atoms with E-state index < -0.39 is 0 Å². The second kappa shape index (κ2) is 9.79. The van der Waals surface area contributed by atoms with Crippen LogP contribution in [0.2, 0.25) is 0 Å². The quantitative estimate of drug-likeness (QED) is 0.225. The molecule has 0 bridgehead atoms. The predicted octanol–water partition coefficient (Wildman–Crippen LogP) is 7.37. The standard InChI is InChI=1S/C33H24N2O3/c1-37-23-11-13-27(29(19-23)31-25-9-5-3-7-21(25)15-17-34-31)33(36)28-14-12-24(38-2)20-30(28)32-26-10-6-4-8-22(26)16-18-35-32/h3-20H,1-2H3. The van der Waals surface area contributed by atoms with Gasteiger partial charge in [-0.3, -0.25) is 14.8 Å². The van der Waals surface area contributed by atoms with E-state index in [1.807, 2.05) is 84.9 Å². The molecule has 0 saturated heterocycles. The van der Waals surface area contributed by atoms with Crippen LogP contribution in [0.15, 0.2) is 109 Å². The minimum Gasteiger partial charge on any atom is -0.497 e. The average Bonchev–Trinajstić information content (AvgIpc) is 2.99. The van der Waals surface area contributed by atoms with Crippen molar-refractivity contribution >= 4 is 27.3 Å². The fourth-order valence-corrected chi connectivity index (χ4v) is 4.90. The zero-order valence-electron chi connectivity index (χ0n) is 21.0. The van der Waals surface area contributed by atoms with E-state index in [4.69, 9.17) is 19.4 Å². The minimum absolute atomic E-state index is 0.134. The molecule has 5 nitrogen and oxygen atoms in total. The Morgan fingerprint density at radius 1 is 0.579 bits per heavy atom. The Hall–Kier alpha value is -5.03. The number of methoxy groups -OCH3 is 2. The molecule has 0 aliphatic carbocycles. The van der Waals surface area contributed by atoms with Gasteiger partial charge in [-0.2, -0.15) is 0 Å². The van der Waals surface area contributed by atoms with Gasteiger partial charge in [-0.25, -0.2) is 0 Å². The van der Waals surface area contributed by atoms with Crippen molar-refractivity contribution in [1.82, 2.24) is 9.97 Å². The van der Waals surface area contributed by atoms with E-state index in [9.17, 15) is 4.79 Å². The van der Waals surface area contributed by atoms with E-state index in [0.29, 0.717) is 33.8 Å². The summed E-state index contributed by atoms with van der Waals surface area (Å²) in [6, 6.07) is 31.0. The Morgan fingerprint density at radius 3 is 1.47 bits per heavy atom. The maximum absolute atomic E-state index is 14.4. The summed E-state index contributed by atoms with van der Waals surface area (Å²) in [7, 11) is 3.23. The number of fused-ring (bicyclic) bond motifs is 2. The van der Waals surface area contributed by atoms with Gasteiger partial charge in [0.05, 0.1) is 25.6 Å². The topological polar surface area (TPSA) is 61.3 Å². The number of benzene rings is 4. The summed E-state index contributed by atoms with van der Waals surface area (Å²) in [5.74, 6) is 1.17. The molecule has 5 heteroatoms. The Kier molecular flexibility index (Phi) is 6.02. The van der Waals surface area contributed by atoms with Crippen LogP contribution in [0.5, 0.6) is 11.5 Å². The Balaban J connectivity index is 1.59. The van der Waals surface area contributed by atoms with Crippen LogP contribution < -0.4 is 9.47 Å². The zero-order valence-corrected chi connectivity index (χ0v) is 21.0. The molecule has 184 valence electrons. The summed E-state index contributed by atoms with van der Waals surface area (Å²) in [5, 5.41) is 4.01. The maximum atomic E-state index is 14.4. The second-order valence-corrected chi connectivity index (χ2v) is 8.91. The molecule has 0 fully saturated rings. The van der Waals surface area contributed by atoms with E-state index in [-0.39, 0.29) is 5.78 Å². The van der Waals surface area contributed by atoms with Gasteiger partial charge in [0.1, 0.15) is 11.5 Å². The van der Waals surface area contributed by atoms with Gasteiger partial charge in [0.25, 0.3) is 0 Å². The highest BCUT2D eigenvalue weighted by Crippen LogP contribution is 2.37. The molecule has 0 aliphatic heterocycles. The highest BCUT2D eigenvalue weighted by Gasteiger charge is 2.23. The normalized spacial score (nSPS) is 11.0. The van der Waals surface area contributed by atoms with Gasteiger partial charge in [-0.1, -0.05) is 48.5 Å². The molecule has 0 aliphatic rings. The van der Waals surface area contributed by atoms with Gasteiger partial charge in [0.2, 0.25) is 0 Å². The van der Waals surface area contributed by atoms with Crippen LogP contribution in [-0.4, -0.2) is 30.0 Å².